The number of thioether (sulfide) groups is 1. The summed E-state index contributed by atoms with van der Waals surface area (Å²) < 4.78 is 67.3. The lowest BCUT2D eigenvalue weighted by Crippen LogP contribution is -2.18. The lowest BCUT2D eigenvalue weighted by atomic mass is 10.1. The molecule has 7 nitrogen and oxygen atoms in total. The number of aryl methyl sites for hydroxylation is 1. The van der Waals surface area contributed by atoms with E-state index in [0.717, 1.165) is 23.4 Å². The minimum Gasteiger partial charge on any atom is -0.325 e. The van der Waals surface area contributed by atoms with Crippen LogP contribution < -0.4 is 5.32 Å². The van der Waals surface area contributed by atoms with Crippen LogP contribution in [0.1, 0.15) is 17.0 Å². The number of anilines is 1. The Bertz CT molecular complexity index is 1500. The van der Waals surface area contributed by atoms with Crippen LogP contribution in [0.3, 0.4) is 0 Å². The molecule has 1 N–H and O–H groups in total. The van der Waals surface area contributed by atoms with Crippen LogP contribution in [0.4, 0.5) is 18.9 Å². The van der Waals surface area contributed by atoms with Crippen molar-refractivity contribution in [1.29, 1.82) is 0 Å². The predicted octanol–water partition coefficient (Wildman–Crippen LogP) is 5.30. The monoisotopic (exact) mass is 546 g/mol. The van der Waals surface area contributed by atoms with Gasteiger partial charge in [0.25, 0.3) is 0 Å². The number of benzene rings is 3. The second-order valence-electron chi connectivity index (χ2n) is 8.02. The van der Waals surface area contributed by atoms with Crippen LogP contribution in [-0.2, 0) is 26.6 Å². The zero-order valence-corrected chi connectivity index (χ0v) is 21.1. The van der Waals surface area contributed by atoms with E-state index in [0.29, 0.717) is 5.69 Å². The lowest BCUT2D eigenvalue weighted by molar-refractivity contribution is -0.137. The molecule has 4 rings (SSSR count). The van der Waals surface area contributed by atoms with Crippen LogP contribution in [0.5, 0.6) is 0 Å². The Balaban J connectivity index is 1.57. The van der Waals surface area contributed by atoms with Crippen LogP contribution >= 0.6 is 11.8 Å². The summed E-state index contributed by atoms with van der Waals surface area (Å²) in [5, 5.41) is 10.6. The van der Waals surface area contributed by atoms with Crippen molar-refractivity contribution in [3.8, 4) is 5.69 Å². The van der Waals surface area contributed by atoms with E-state index in [-0.39, 0.29) is 27.3 Å². The molecule has 0 atom stereocenters. The molecule has 0 fully saturated rings. The van der Waals surface area contributed by atoms with E-state index in [9.17, 15) is 26.4 Å². The van der Waals surface area contributed by atoms with Crippen LogP contribution in [0, 0.1) is 6.92 Å². The molecule has 0 saturated carbocycles. The van der Waals surface area contributed by atoms with Crippen molar-refractivity contribution < 1.29 is 26.4 Å². The van der Waals surface area contributed by atoms with Crippen molar-refractivity contribution in [2.24, 2.45) is 0 Å². The summed E-state index contributed by atoms with van der Waals surface area (Å²) in [5.41, 5.74) is 0.188. The van der Waals surface area contributed by atoms with E-state index < -0.39 is 33.2 Å². The number of halogens is 3. The van der Waals surface area contributed by atoms with Crippen LogP contribution in [0.15, 0.2) is 88.9 Å². The molecule has 4 aromatic rings. The molecule has 0 saturated heterocycles. The minimum absolute atomic E-state index is 0.136. The first kappa shape index (κ1) is 26.4. The number of carbonyl (C=O) groups excluding carboxylic acids is 1. The SMILES string of the molecule is Cc1ccc(S(=O)(=O)Cc2nnc(SCC(=O)Nc3ccccc3C(F)(F)F)n2-c2ccccc2)cc1. The molecule has 1 aromatic heterocycles. The molecule has 3 aromatic carbocycles. The van der Waals surface area contributed by atoms with Gasteiger partial charge in [-0.15, -0.1) is 10.2 Å². The van der Waals surface area contributed by atoms with Gasteiger partial charge in [0.2, 0.25) is 5.91 Å². The van der Waals surface area contributed by atoms with Crippen molar-refractivity contribution >= 4 is 33.2 Å². The maximum Gasteiger partial charge on any atom is 0.418 e. The Labute approximate surface area is 215 Å². The van der Waals surface area contributed by atoms with Crippen molar-refractivity contribution in [3.63, 3.8) is 0 Å². The minimum atomic E-state index is -4.62. The van der Waals surface area contributed by atoms with Gasteiger partial charge in [-0.3, -0.25) is 9.36 Å². The highest BCUT2D eigenvalue weighted by Gasteiger charge is 2.33. The van der Waals surface area contributed by atoms with Crippen molar-refractivity contribution in [2.45, 2.75) is 28.9 Å². The number of alkyl halides is 3. The number of hydrogen-bond donors (Lipinski definition) is 1. The standard InChI is InChI=1S/C25H21F3N4O3S2/c1-17-11-13-19(14-12-17)37(34,35)16-22-30-31-24(32(22)18-7-3-2-4-8-18)36-15-23(33)29-21-10-6-5-9-20(21)25(26,27)28/h2-14H,15-16H2,1H3,(H,29,33). The van der Waals surface area contributed by atoms with E-state index in [1.54, 1.807) is 42.5 Å². The van der Waals surface area contributed by atoms with Gasteiger partial charge in [0.1, 0.15) is 5.75 Å². The van der Waals surface area contributed by atoms with Gasteiger partial charge in [-0.1, -0.05) is 59.8 Å². The average Bonchev–Trinajstić information content (AvgIpc) is 3.25. The second kappa shape index (κ2) is 10.8. The van der Waals surface area contributed by atoms with E-state index in [2.05, 4.69) is 15.5 Å². The first-order chi connectivity index (χ1) is 17.5. The molecule has 0 spiro atoms. The maximum atomic E-state index is 13.2. The van der Waals surface area contributed by atoms with Crippen LogP contribution in [0.2, 0.25) is 0 Å². The number of rotatable bonds is 8. The lowest BCUT2D eigenvalue weighted by Gasteiger charge is -2.13. The number of carbonyl (C=O) groups is 1. The van der Waals surface area contributed by atoms with Gasteiger partial charge in [-0.2, -0.15) is 13.2 Å². The van der Waals surface area contributed by atoms with E-state index >= 15 is 0 Å². The molecule has 1 heterocycles. The van der Waals surface area contributed by atoms with Crippen molar-refractivity contribution in [1.82, 2.24) is 14.8 Å². The summed E-state index contributed by atoms with van der Waals surface area (Å²) in [6.45, 7) is 1.85. The molecular formula is C25H21F3N4O3S2. The second-order valence-corrected chi connectivity index (χ2v) is 11.0. The average molecular weight is 547 g/mol. The Morgan fingerprint density at radius 1 is 0.946 bits per heavy atom. The Morgan fingerprint density at radius 2 is 1.59 bits per heavy atom. The summed E-state index contributed by atoms with van der Waals surface area (Å²) in [6, 6.07) is 19.9. The molecule has 0 radical (unpaired) electrons. The first-order valence-electron chi connectivity index (χ1n) is 10.9. The summed E-state index contributed by atoms with van der Waals surface area (Å²) in [5.74, 6) is -1.26. The molecular weight excluding hydrogens is 525 g/mol. The maximum absolute atomic E-state index is 13.2. The van der Waals surface area contributed by atoms with Gasteiger partial charge in [-0.05, 0) is 43.3 Å². The Hall–Kier alpha value is -3.64. The number of nitrogens with zero attached hydrogens (tertiary/aromatic N) is 3. The third-order valence-corrected chi connectivity index (χ3v) is 7.81. The number of sulfone groups is 1. The molecule has 192 valence electrons. The fraction of sp³-hybridized carbons (Fsp3) is 0.160. The first-order valence-corrected chi connectivity index (χ1v) is 13.6. The number of para-hydroxylation sites is 2. The molecule has 1 amide bonds. The van der Waals surface area contributed by atoms with Gasteiger partial charge in [0.05, 0.1) is 21.9 Å². The van der Waals surface area contributed by atoms with E-state index in [1.165, 1.54) is 34.9 Å². The van der Waals surface area contributed by atoms with Crippen molar-refractivity contribution in [2.75, 3.05) is 11.1 Å². The zero-order chi connectivity index (χ0) is 26.6. The summed E-state index contributed by atoms with van der Waals surface area (Å²) in [7, 11) is -3.76. The third kappa shape index (κ3) is 6.38. The molecule has 12 heteroatoms. The molecule has 0 unspecified atom stereocenters. The molecule has 0 bridgehead atoms. The highest BCUT2D eigenvalue weighted by atomic mass is 32.2. The zero-order valence-electron chi connectivity index (χ0n) is 19.4. The molecule has 0 aliphatic heterocycles. The molecule has 0 aliphatic carbocycles. The molecule has 37 heavy (non-hydrogen) atoms. The van der Waals surface area contributed by atoms with Crippen LogP contribution in [-0.4, -0.2) is 34.8 Å². The van der Waals surface area contributed by atoms with E-state index in [4.69, 9.17) is 0 Å². The fourth-order valence-electron chi connectivity index (χ4n) is 3.48. The Morgan fingerprint density at radius 3 is 2.27 bits per heavy atom. The Kier molecular flexibility index (Phi) is 7.69. The van der Waals surface area contributed by atoms with Gasteiger partial charge in [0, 0.05) is 5.69 Å². The van der Waals surface area contributed by atoms with Gasteiger partial charge in [0.15, 0.2) is 20.8 Å². The summed E-state index contributed by atoms with van der Waals surface area (Å²) in [6.07, 6.45) is -4.62. The van der Waals surface area contributed by atoms with Gasteiger partial charge >= 0.3 is 6.18 Å². The number of nitrogens with one attached hydrogen (secondary N) is 1. The topological polar surface area (TPSA) is 94.0 Å². The normalized spacial score (nSPS) is 11.9. The van der Waals surface area contributed by atoms with Gasteiger partial charge in [-0.25, -0.2) is 8.42 Å². The largest absolute Gasteiger partial charge is 0.418 e. The highest BCUT2D eigenvalue weighted by Crippen LogP contribution is 2.34. The molecule has 0 aliphatic rings. The number of aromatic nitrogens is 3. The fourth-order valence-corrected chi connectivity index (χ4v) is 5.49. The van der Waals surface area contributed by atoms with Crippen molar-refractivity contribution in [3.05, 3.63) is 95.8 Å². The third-order valence-electron chi connectivity index (χ3n) is 5.25. The highest BCUT2D eigenvalue weighted by molar-refractivity contribution is 7.99. The summed E-state index contributed by atoms with van der Waals surface area (Å²) in [4.78, 5) is 12.6. The smallest absolute Gasteiger partial charge is 0.325 e. The quantitative estimate of drug-likeness (QED) is 0.302. The summed E-state index contributed by atoms with van der Waals surface area (Å²) >= 11 is 0.928. The number of hydrogen-bond acceptors (Lipinski definition) is 6. The van der Waals surface area contributed by atoms with Gasteiger partial charge < -0.3 is 5.32 Å². The predicted molar refractivity (Wildman–Crippen MR) is 134 cm³/mol. The van der Waals surface area contributed by atoms with E-state index in [1.807, 2.05) is 6.92 Å². The number of amides is 1. The van der Waals surface area contributed by atoms with Crippen LogP contribution in [0.25, 0.3) is 5.69 Å².